The lowest BCUT2D eigenvalue weighted by Gasteiger charge is -2.32. The molecular formula is C21H25NO3. The van der Waals surface area contributed by atoms with Gasteiger partial charge in [0.2, 0.25) is 0 Å². The van der Waals surface area contributed by atoms with E-state index in [9.17, 15) is 4.79 Å². The lowest BCUT2D eigenvalue weighted by molar-refractivity contribution is -0.135. The van der Waals surface area contributed by atoms with Crippen molar-refractivity contribution in [2.24, 2.45) is 5.92 Å². The van der Waals surface area contributed by atoms with Crippen LogP contribution in [-0.2, 0) is 16.1 Å². The van der Waals surface area contributed by atoms with Crippen molar-refractivity contribution >= 4 is 5.91 Å². The SMILES string of the molecule is O=C(COc1ccccc1)N1CCCC(COCc2ccccc2)C1. The van der Waals surface area contributed by atoms with Crippen LogP contribution in [0.5, 0.6) is 5.75 Å². The first-order valence-corrected chi connectivity index (χ1v) is 8.88. The van der Waals surface area contributed by atoms with E-state index in [0.717, 1.165) is 31.7 Å². The normalized spacial score (nSPS) is 17.3. The molecule has 4 heteroatoms. The summed E-state index contributed by atoms with van der Waals surface area (Å²) in [5.74, 6) is 1.19. The van der Waals surface area contributed by atoms with E-state index >= 15 is 0 Å². The van der Waals surface area contributed by atoms with Gasteiger partial charge in [0.15, 0.2) is 6.61 Å². The Hall–Kier alpha value is -2.33. The van der Waals surface area contributed by atoms with E-state index in [-0.39, 0.29) is 12.5 Å². The minimum absolute atomic E-state index is 0.0524. The fourth-order valence-corrected chi connectivity index (χ4v) is 3.10. The van der Waals surface area contributed by atoms with Gasteiger partial charge in [-0.2, -0.15) is 0 Å². The van der Waals surface area contributed by atoms with Crippen LogP contribution >= 0.6 is 0 Å². The molecule has 2 aromatic carbocycles. The van der Waals surface area contributed by atoms with Crippen LogP contribution in [0.1, 0.15) is 18.4 Å². The molecular weight excluding hydrogens is 314 g/mol. The van der Waals surface area contributed by atoms with Crippen molar-refractivity contribution < 1.29 is 14.3 Å². The first kappa shape index (κ1) is 17.5. The van der Waals surface area contributed by atoms with Gasteiger partial charge in [0.05, 0.1) is 13.2 Å². The largest absolute Gasteiger partial charge is 0.484 e. The first-order chi connectivity index (χ1) is 12.3. The maximum Gasteiger partial charge on any atom is 0.260 e. The molecule has 1 aliphatic heterocycles. The molecule has 4 nitrogen and oxygen atoms in total. The second-order valence-corrected chi connectivity index (χ2v) is 6.45. The molecule has 132 valence electrons. The van der Waals surface area contributed by atoms with Crippen molar-refractivity contribution in [2.75, 3.05) is 26.3 Å². The summed E-state index contributed by atoms with van der Waals surface area (Å²) in [6.07, 6.45) is 2.13. The van der Waals surface area contributed by atoms with Crippen molar-refractivity contribution in [1.29, 1.82) is 0 Å². The number of hydrogen-bond acceptors (Lipinski definition) is 3. The molecule has 2 aromatic rings. The zero-order chi connectivity index (χ0) is 17.3. The molecule has 0 radical (unpaired) electrons. The number of hydrogen-bond donors (Lipinski definition) is 0. The summed E-state index contributed by atoms with van der Waals surface area (Å²) in [5.41, 5.74) is 1.18. The molecule has 1 aliphatic rings. The van der Waals surface area contributed by atoms with E-state index < -0.39 is 0 Å². The van der Waals surface area contributed by atoms with Crippen molar-refractivity contribution in [1.82, 2.24) is 4.90 Å². The molecule has 3 rings (SSSR count). The Balaban J connectivity index is 1.40. The smallest absolute Gasteiger partial charge is 0.260 e. The first-order valence-electron chi connectivity index (χ1n) is 8.88. The maximum atomic E-state index is 12.4. The number of nitrogens with zero attached hydrogens (tertiary/aromatic N) is 1. The number of piperidine rings is 1. The summed E-state index contributed by atoms with van der Waals surface area (Å²) in [4.78, 5) is 14.3. The maximum absolute atomic E-state index is 12.4. The van der Waals surface area contributed by atoms with E-state index in [1.165, 1.54) is 5.56 Å². The van der Waals surface area contributed by atoms with Crippen molar-refractivity contribution in [3.05, 3.63) is 66.2 Å². The van der Waals surface area contributed by atoms with Gasteiger partial charge in [0.25, 0.3) is 5.91 Å². The molecule has 1 unspecified atom stereocenters. The number of benzene rings is 2. The highest BCUT2D eigenvalue weighted by atomic mass is 16.5. The Morgan fingerprint density at radius 2 is 1.76 bits per heavy atom. The third-order valence-electron chi connectivity index (χ3n) is 4.44. The standard InChI is InChI=1S/C21H25NO3/c23-21(17-25-20-11-5-2-6-12-20)22-13-7-10-19(14-22)16-24-15-18-8-3-1-4-9-18/h1-6,8-9,11-12,19H,7,10,13-17H2. The van der Waals surface area contributed by atoms with Gasteiger partial charge in [-0.05, 0) is 36.5 Å². The monoisotopic (exact) mass is 339 g/mol. The second kappa shape index (κ2) is 9.23. The molecule has 0 saturated carbocycles. The molecule has 0 spiro atoms. The second-order valence-electron chi connectivity index (χ2n) is 6.45. The van der Waals surface area contributed by atoms with Crippen LogP contribution in [0.3, 0.4) is 0 Å². The molecule has 0 aliphatic carbocycles. The van der Waals surface area contributed by atoms with Gasteiger partial charge < -0.3 is 14.4 Å². The lowest BCUT2D eigenvalue weighted by Crippen LogP contribution is -2.43. The van der Waals surface area contributed by atoms with Crippen LogP contribution < -0.4 is 4.74 Å². The number of ether oxygens (including phenoxy) is 2. The number of amides is 1. The third-order valence-corrected chi connectivity index (χ3v) is 4.44. The Morgan fingerprint density at radius 3 is 2.52 bits per heavy atom. The van der Waals surface area contributed by atoms with Crippen molar-refractivity contribution in [3.63, 3.8) is 0 Å². The number of para-hydroxylation sites is 1. The Morgan fingerprint density at radius 1 is 1.04 bits per heavy atom. The molecule has 0 bridgehead atoms. The summed E-state index contributed by atoms with van der Waals surface area (Å²) in [7, 11) is 0. The summed E-state index contributed by atoms with van der Waals surface area (Å²) >= 11 is 0. The fourth-order valence-electron chi connectivity index (χ4n) is 3.10. The van der Waals surface area contributed by atoms with Crippen molar-refractivity contribution in [2.45, 2.75) is 19.4 Å². The molecule has 1 amide bonds. The quantitative estimate of drug-likeness (QED) is 0.775. The highest BCUT2D eigenvalue weighted by Crippen LogP contribution is 2.18. The van der Waals surface area contributed by atoms with Gasteiger partial charge in [0, 0.05) is 13.1 Å². The van der Waals surface area contributed by atoms with Crippen LogP contribution in [-0.4, -0.2) is 37.1 Å². The highest BCUT2D eigenvalue weighted by molar-refractivity contribution is 5.77. The number of rotatable bonds is 7. The van der Waals surface area contributed by atoms with Crippen molar-refractivity contribution in [3.8, 4) is 5.75 Å². The van der Waals surface area contributed by atoms with E-state index in [0.29, 0.717) is 19.1 Å². The van der Waals surface area contributed by atoms with Gasteiger partial charge in [0.1, 0.15) is 5.75 Å². The van der Waals surface area contributed by atoms with Crippen LogP contribution in [0.25, 0.3) is 0 Å². The van der Waals surface area contributed by atoms with E-state index in [2.05, 4.69) is 12.1 Å². The zero-order valence-corrected chi connectivity index (χ0v) is 14.5. The zero-order valence-electron chi connectivity index (χ0n) is 14.5. The third kappa shape index (κ3) is 5.61. The minimum Gasteiger partial charge on any atom is -0.484 e. The molecule has 1 fully saturated rings. The molecule has 0 N–H and O–H groups in total. The highest BCUT2D eigenvalue weighted by Gasteiger charge is 2.24. The van der Waals surface area contributed by atoms with E-state index in [1.807, 2.05) is 53.4 Å². The average Bonchev–Trinajstić information content (AvgIpc) is 2.68. The Bertz CT molecular complexity index is 645. The van der Waals surface area contributed by atoms with E-state index in [1.54, 1.807) is 0 Å². The number of carbonyl (C=O) groups is 1. The van der Waals surface area contributed by atoms with Gasteiger partial charge in [-0.3, -0.25) is 4.79 Å². The number of likely N-dealkylation sites (tertiary alicyclic amines) is 1. The molecule has 1 heterocycles. The van der Waals surface area contributed by atoms with Gasteiger partial charge in [-0.25, -0.2) is 0 Å². The Kier molecular flexibility index (Phi) is 6.46. The van der Waals surface area contributed by atoms with Gasteiger partial charge in [-0.15, -0.1) is 0 Å². The molecule has 1 atom stereocenters. The van der Waals surface area contributed by atoms with Crippen LogP contribution in [0.15, 0.2) is 60.7 Å². The van der Waals surface area contributed by atoms with Crippen LogP contribution in [0.4, 0.5) is 0 Å². The predicted molar refractivity (Wildman–Crippen MR) is 97.3 cm³/mol. The lowest BCUT2D eigenvalue weighted by atomic mass is 9.99. The molecule has 25 heavy (non-hydrogen) atoms. The average molecular weight is 339 g/mol. The predicted octanol–water partition coefficient (Wildman–Crippen LogP) is 3.52. The summed E-state index contributed by atoms with van der Waals surface area (Å²) < 4.78 is 11.4. The van der Waals surface area contributed by atoms with E-state index in [4.69, 9.17) is 9.47 Å². The summed E-state index contributed by atoms with van der Waals surface area (Å²) in [6, 6.07) is 19.6. The van der Waals surface area contributed by atoms with Crippen LogP contribution in [0.2, 0.25) is 0 Å². The molecule has 1 saturated heterocycles. The van der Waals surface area contributed by atoms with Gasteiger partial charge in [-0.1, -0.05) is 48.5 Å². The topological polar surface area (TPSA) is 38.8 Å². The summed E-state index contributed by atoms with van der Waals surface area (Å²) in [5, 5.41) is 0. The van der Waals surface area contributed by atoms with Crippen LogP contribution in [0, 0.1) is 5.92 Å². The summed E-state index contributed by atoms with van der Waals surface area (Å²) in [6.45, 7) is 2.99. The number of carbonyl (C=O) groups excluding carboxylic acids is 1. The molecule has 0 aromatic heterocycles. The fraction of sp³-hybridized carbons (Fsp3) is 0.381. The minimum atomic E-state index is 0.0524. The Labute approximate surface area is 149 Å². The van der Waals surface area contributed by atoms with Gasteiger partial charge >= 0.3 is 0 Å².